The molecule has 2 aromatic heterocycles. The van der Waals surface area contributed by atoms with Crippen molar-refractivity contribution < 1.29 is 22.4 Å². The summed E-state index contributed by atoms with van der Waals surface area (Å²) in [6.45, 7) is 4.30. The number of hydrogen-bond acceptors (Lipinski definition) is 5. The summed E-state index contributed by atoms with van der Waals surface area (Å²) >= 11 is 0. The quantitative estimate of drug-likeness (QED) is 0.576. The van der Waals surface area contributed by atoms with Crippen LogP contribution in [0.25, 0.3) is 5.69 Å². The number of carbonyl (C=O) groups is 1. The maximum atomic E-state index is 14.1. The largest absolute Gasteiger partial charge is 0.417 e. The highest BCUT2D eigenvalue weighted by Crippen LogP contribution is 2.31. The van der Waals surface area contributed by atoms with Crippen molar-refractivity contribution in [3.05, 3.63) is 65.9 Å². The Morgan fingerprint density at radius 3 is 2.55 bits per heavy atom. The van der Waals surface area contributed by atoms with Crippen molar-refractivity contribution in [3.8, 4) is 5.69 Å². The number of rotatable bonds is 5. The van der Waals surface area contributed by atoms with Gasteiger partial charge in [-0.1, -0.05) is 6.92 Å². The lowest BCUT2D eigenvalue weighted by atomic mass is 10.0. The van der Waals surface area contributed by atoms with Gasteiger partial charge in [-0.2, -0.15) is 28.2 Å². The number of aromatic nitrogens is 4. The van der Waals surface area contributed by atoms with Crippen LogP contribution < -0.4 is 5.32 Å². The molecule has 1 aromatic carbocycles. The van der Waals surface area contributed by atoms with Gasteiger partial charge in [0.2, 0.25) is 0 Å². The predicted octanol–water partition coefficient (Wildman–Crippen LogP) is 4.17. The molecule has 1 saturated heterocycles. The molecule has 4 rings (SSSR count). The van der Waals surface area contributed by atoms with Crippen LogP contribution in [0.5, 0.6) is 0 Å². The minimum absolute atomic E-state index is 0.130. The topological polar surface area (TPSA) is 75.9 Å². The summed E-state index contributed by atoms with van der Waals surface area (Å²) in [6, 6.07) is 5.47. The Balaban J connectivity index is 1.57. The van der Waals surface area contributed by atoms with Crippen molar-refractivity contribution in [2.45, 2.75) is 38.5 Å². The van der Waals surface area contributed by atoms with E-state index in [1.54, 1.807) is 4.90 Å². The smallest absolute Gasteiger partial charge is 0.366 e. The van der Waals surface area contributed by atoms with Crippen molar-refractivity contribution in [3.63, 3.8) is 0 Å². The number of likely N-dealkylation sites (tertiary alicyclic amines) is 1. The first-order chi connectivity index (χ1) is 15.6. The summed E-state index contributed by atoms with van der Waals surface area (Å²) in [4.78, 5) is 20.3. The lowest BCUT2D eigenvalue weighted by molar-refractivity contribution is -0.137. The van der Waals surface area contributed by atoms with Gasteiger partial charge in [0.05, 0.1) is 35.2 Å². The zero-order chi connectivity index (χ0) is 23.8. The molecule has 0 spiro atoms. The van der Waals surface area contributed by atoms with E-state index >= 15 is 0 Å². The van der Waals surface area contributed by atoms with Gasteiger partial charge in [0, 0.05) is 18.8 Å². The van der Waals surface area contributed by atoms with E-state index in [0.717, 1.165) is 18.3 Å². The molecule has 0 saturated carbocycles. The van der Waals surface area contributed by atoms with E-state index in [4.69, 9.17) is 0 Å². The summed E-state index contributed by atoms with van der Waals surface area (Å²) in [6.07, 6.45) is -0.104. The fourth-order valence-corrected chi connectivity index (χ4v) is 4.12. The highest BCUT2D eigenvalue weighted by atomic mass is 19.4. The van der Waals surface area contributed by atoms with Gasteiger partial charge in [-0.25, -0.2) is 9.37 Å². The summed E-state index contributed by atoms with van der Waals surface area (Å²) in [5.41, 5.74) is -0.349. The molecule has 1 aliphatic rings. The van der Waals surface area contributed by atoms with Crippen LogP contribution in [0.1, 0.15) is 36.2 Å². The number of halogens is 4. The molecule has 1 amide bonds. The monoisotopic (exact) mass is 462 g/mol. The van der Waals surface area contributed by atoms with Crippen LogP contribution in [0.3, 0.4) is 0 Å². The molecule has 1 N–H and O–H groups in total. The second kappa shape index (κ2) is 8.80. The lowest BCUT2D eigenvalue weighted by Crippen LogP contribution is -2.45. The highest BCUT2D eigenvalue weighted by molar-refractivity contribution is 5.98. The average molecular weight is 462 g/mol. The molecular formula is C22H22F4N6O. The van der Waals surface area contributed by atoms with Crippen LogP contribution in [0.2, 0.25) is 0 Å². The van der Waals surface area contributed by atoms with E-state index in [0.29, 0.717) is 18.7 Å². The second-order valence-electron chi connectivity index (χ2n) is 8.21. The molecule has 3 heterocycles. The van der Waals surface area contributed by atoms with Gasteiger partial charge in [-0.3, -0.25) is 4.79 Å². The molecule has 0 aliphatic carbocycles. The molecule has 174 valence electrons. The van der Waals surface area contributed by atoms with Crippen molar-refractivity contribution in [1.29, 1.82) is 0 Å². The van der Waals surface area contributed by atoms with Crippen molar-refractivity contribution in [2.75, 3.05) is 11.9 Å². The summed E-state index contributed by atoms with van der Waals surface area (Å²) in [5.74, 6) is -0.471. The predicted molar refractivity (Wildman–Crippen MR) is 112 cm³/mol. The molecule has 0 radical (unpaired) electrons. The number of amides is 1. The number of carbonyl (C=O) groups excluding carboxylic acids is 1. The van der Waals surface area contributed by atoms with E-state index in [2.05, 4.69) is 20.5 Å². The first-order valence-electron chi connectivity index (χ1n) is 10.4. The van der Waals surface area contributed by atoms with Gasteiger partial charge in [-0.05, 0) is 49.6 Å². The molecule has 3 aromatic rings. The van der Waals surface area contributed by atoms with Gasteiger partial charge in [0.1, 0.15) is 11.6 Å². The zero-order valence-corrected chi connectivity index (χ0v) is 17.9. The van der Waals surface area contributed by atoms with Gasteiger partial charge < -0.3 is 10.2 Å². The molecule has 0 bridgehead atoms. The van der Waals surface area contributed by atoms with Gasteiger partial charge in [0.25, 0.3) is 5.91 Å². The van der Waals surface area contributed by atoms with Crippen molar-refractivity contribution in [1.82, 2.24) is 24.9 Å². The van der Waals surface area contributed by atoms with Crippen molar-refractivity contribution >= 4 is 11.7 Å². The van der Waals surface area contributed by atoms with Gasteiger partial charge >= 0.3 is 6.18 Å². The van der Waals surface area contributed by atoms with E-state index in [9.17, 15) is 22.4 Å². The van der Waals surface area contributed by atoms with Crippen LogP contribution in [0.4, 0.5) is 23.4 Å². The Kier molecular flexibility index (Phi) is 6.05. The van der Waals surface area contributed by atoms with Gasteiger partial charge in [0.15, 0.2) is 0 Å². The molecule has 33 heavy (non-hydrogen) atoms. The molecule has 7 nitrogen and oxygen atoms in total. The Hall–Kier alpha value is -3.50. The Labute approximate surface area is 187 Å². The second-order valence-corrected chi connectivity index (χ2v) is 8.21. The van der Waals surface area contributed by atoms with Crippen molar-refractivity contribution in [2.24, 2.45) is 5.92 Å². The molecule has 3 unspecified atom stereocenters. The number of anilines is 1. The van der Waals surface area contributed by atoms with Crippen LogP contribution in [0, 0.1) is 11.7 Å². The third kappa shape index (κ3) is 4.81. The third-order valence-corrected chi connectivity index (χ3v) is 5.68. The first-order valence-corrected chi connectivity index (χ1v) is 10.4. The van der Waals surface area contributed by atoms with Crippen LogP contribution in [-0.4, -0.2) is 49.4 Å². The summed E-state index contributed by atoms with van der Waals surface area (Å²) < 4.78 is 52.4. The Morgan fingerprint density at radius 2 is 1.91 bits per heavy atom. The zero-order valence-electron chi connectivity index (χ0n) is 17.9. The van der Waals surface area contributed by atoms with Crippen LogP contribution in [0.15, 0.2) is 48.9 Å². The summed E-state index contributed by atoms with van der Waals surface area (Å²) in [5, 5.41) is 11.2. The lowest BCUT2D eigenvalue weighted by Gasteiger charge is -2.31. The van der Waals surface area contributed by atoms with E-state index in [-0.39, 0.29) is 35.3 Å². The number of pyridine rings is 1. The number of nitrogens with one attached hydrogen (secondary N) is 1. The maximum Gasteiger partial charge on any atom is 0.417 e. The number of hydrogen-bond donors (Lipinski definition) is 1. The average Bonchev–Trinajstić information content (AvgIpc) is 3.43. The standard InChI is InChI=1S/C22H22F4N6O/c1-13-9-19(14(2)30-20-6-3-15(11-27-20)22(24,25)26)31(12-13)21(33)17-10-16(23)4-5-18(17)32-28-7-8-29-32/h3-8,10-11,13-14,19H,9,12H2,1-2H3,(H,27,30). The minimum Gasteiger partial charge on any atom is -0.366 e. The van der Waals surface area contributed by atoms with Crippen LogP contribution >= 0.6 is 0 Å². The number of nitrogens with zero attached hydrogens (tertiary/aromatic N) is 5. The van der Waals surface area contributed by atoms with Gasteiger partial charge in [-0.15, -0.1) is 0 Å². The third-order valence-electron chi connectivity index (χ3n) is 5.68. The molecule has 1 aliphatic heterocycles. The molecular weight excluding hydrogens is 440 g/mol. The van der Waals surface area contributed by atoms with E-state index in [1.165, 1.54) is 35.4 Å². The first kappa shape index (κ1) is 22.7. The Bertz CT molecular complexity index is 1120. The fraction of sp³-hybridized carbons (Fsp3) is 0.364. The molecule has 1 fully saturated rings. The number of benzene rings is 1. The van der Waals surface area contributed by atoms with E-state index < -0.39 is 17.6 Å². The van der Waals surface area contributed by atoms with E-state index in [1.807, 2.05) is 13.8 Å². The molecule has 11 heteroatoms. The fourth-order valence-electron chi connectivity index (χ4n) is 4.12. The normalized spacial score (nSPS) is 19.5. The highest BCUT2D eigenvalue weighted by Gasteiger charge is 2.38. The maximum absolute atomic E-state index is 14.1. The molecule has 3 atom stereocenters. The summed E-state index contributed by atoms with van der Waals surface area (Å²) in [7, 11) is 0. The SMILES string of the molecule is CC1CC(C(C)Nc2ccc(C(F)(F)F)cn2)N(C(=O)c2cc(F)ccc2-n2nccn2)C1. The minimum atomic E-state index is -4.46. The Morgan fingerprint density at radius 1 is 1.18 bits per heavy atom. The number of alkyl halides is 3. The van der Waals surface area contributed by atoms with Crippen LogP contribution in [-0.2, 0) is 6.18 Å².